The third kappa shape index (κ3) is 7.81. The summed E-state index contributed by atoms with van der Waals surface area (Å²) in [5.41, 5.74) is 1.78. The molecule has 6 heteroatoms. The Balaban J connectivity index is 0.000000356. The van der Waals surface area contributed by atoms with E-state index < -0.39 is 0 Å². The summed E-state index contributed by atoms with van der Waals surface area (Å²) in [5, 5.41) is 10.7. The average Bonchev–Trinajstić information content (AvgIpc) is 2.91. The highest BCUT2D eigenvalue weighted by atomic mass is 79.9. The highest BCUT2D eigenvalue weighted by Crippen LogP contribution is 2.50. The minimum atomic E-state index is -0.252. The van der Waals surface area contributed by atoms with E-state index in [0.717, 1.165) is 35.8 Å². The van der Waals surface area contributed by atoms with Crippen molar-refractivity contribution in [3.8, 4) is 5.75 Å². The molecule has 2 fully saturated rings. The van der Waals surface area contributed by atoms with Crippen LogP contribution >= 0.6 is 15.9 Å². The monoisotopic (exact) mass is 571 g/mol. The quantitative estimate of drug-likeness (QED) is 0.362. The van der Waals surface area contributed by atoms with Gasteiger partial charge in [0, 0.05) is 54.6 Å². The summed E-state index contributed by atoms with van der Waals surface area (Å²) in [6.45, 7) is 13.6. The average molecular weight is 573 g/mol. The van der Waals surface area contributed by atoms with Crippen LogP contribution in [0.25, 0.3) is 0 Å². The molecule has 2 aliphatic heterocycles. The lowest BCUT2D eigenvalue weighted by atomic mass is 9.67. The molecule has 0 bridgehead atoms. The van der Waals surface area contributed by atoms with Crippen LogP contribution in [0.3, 0.4) is 0 Å². The van der Waals surface area contributed by atoms with Crippen LogP contribution < -0.4 is 0 Å². The Bertz CT molecular complexity index is 978. The topological polar surface area (TPSA) is 47.0 Å². The number of benzene rings is 2. The van der Waals surface area contributed by atoms with E-state index >= 15 is 0 Å². The zero-order chi connectivity index (χ0) is 26.8. The molecule has 0 radical (unpaired) electrons. The van der Waals surface area contributed by atoms with Crippen LogP contribution in [0.1, 0.15) is 76.5 Å². The van der Waals surface area contributed by atoms with Crippen molar-refractivity contribution in [1.29, 1.82) is 0 Å². The number of hydrogen-bond acceptors (Lipinski definition) is 4. The van der Waals surface area contributed by atoms with Gasteiger partial charge >= 0.3 is 0 Å². The summed E-state index contributed by atoms with van der Waals surface area (Å²) in [4.78, 5) is 19.9. The second-order valence-electron chi connectivity index (χ2n) is 10.8. The van der Waals surface area contributed by atoms with Crippen molar-refractivity contribution in [1.82, 2.24) is 14.7 Å². The van der Waals surface area contributed by atoms with Crippen LogP contribution in [0.5, 0.6) is 5.75 Å². The second kappa shape index (κ2) is 14.3. The van der Waals surface area contributed by atoms with Crippen molar-refractivity contribution in [3.63, 3.8) is 0 Å². The summed E-state index contributed by atoms with van der Waals surface area (Å²) in [6, 6.07) is 15.8. The number of likely N-dealkylation sites (tertiary alicyclic amines) is 1. The van der Waals surface area contributed by atoms with Crippen molar-refractivity contribution in [2.45, 2.75) is 70.8 Å². The van der Waals surface area contributed by atoms with Gasteiger partial charge in [-0.25, -0.2) is 0 Å². The number of likely N-dealkylation sites (N-methyl/N-ethyl adjacent to an activating group) is 2. The third-order valence-corrected chi connectivity index (χ3v) is 8.60. The smallest absolute Gasteiger partial charge is 0.223 e. The molecule has 2 heterocycles. The summed E-state index contributed by atoms with van der Waals surface area (Å²) in [7, 11) is 2.19. The van der Waals surface area contributed by atoms with Gasteiger partial charge in [0.05, 0.1) is 6.04 Å². The molecule has 2 saturated heterocycles. The van der Waals surface area contributed by atoms with E-state index in [1.165, 1.54) is 51.1 Å². The van der Waals surface area contributed by atoms with Gasteiger partial charge < -0.3 is 19.8 Å². The Labute approximate surface area is 233 Å². The van der Waals surface area contributed by atoms with Gasteiger partial charge in [0.1, 0.15) is 5.75 Å². The molecule has 2 atom stereocenters. The molecule has 0 spiro atoms. The number of phenols is 1. The molecular formula is C31H46BrN3O2. The summed E-state index contributed by atoms with van der Waals surface area (Å²) in [6.07, 6.45) is 5.80. The first-order chi connectivity index (χ1) is 17.8. The SMILES string of the molecule is CCCCCCN1C(=O)CCC(C)(c2ccccc2)C1c1cc(Br)ccc1O.CCN1CCN(C)CC1. The fourth-order valence-corrected chi connectivity index (χ4v) is 6.02. The molecule has 4 rings (SSSR count). The molecule has 0 saturated carbocycles. The fourth-order valence-electron chi connectivity index (χ4n) is 5.64. The minimum Gasteiger partial charge on any atom is -0.508 e. The third-order valence-electron chi connectivity index (χ3n) is 8.11. The van der Waals surface area contributed by atoms with Crippen LogP contribution in [0, 0.1) is 0 Å². The van der Waals surface area contributed by atoms with Gasteiger partial charge in [0.2, 0.25) is 5.91 Å². The molecule has 1 N–H and O–H groups in total. The van der Waals surface area contributed by atoms with E-state index in [0.29, 0.717) is 6.42 Å². The van der Waals surface area contributed by atoms with E-state index in [2.05, 4.69) is 77.8 Å². The number of rotatable bonds is 8. The largest absolute Gasteiger partial charge is 0.508 e. The van der Waals surface area contributed by atoms with Crippen LogP contribution in [0.2, 0.25) is 0 Å². The van der Waals surface area contributed by atoms with Gasteiger partial charge in [-0.05, 0) is 50.2 Å². The number of amides is 1. The molecule has 2 unspecified atom stereocenters. The van der Waals surface area contributed by atoms with Gasteiger partial charge in [-0.1, -0.05) is 86.3 Å². The molecule has 204 valence electrons. The van der Waals surface area contributed by atoms with Gasteiger partial charge in [-0.3, -0.25) is 4.79 Å². The van der Waals surface area contributed by atoms with Gasteiger partial charge in [0.15, 0.2) is 0 Å². The van der Waals surface area contributed by atoms with E-state index in [1.807, 2.05) is 23.1 Å². The first-order valence-electron chi connectivity index (χ1n) is 14.0. The molecule has 0 aliphatic carbocycles. The Morgan fingerprint density at radius 2 is 1.70 bits per heavy atom. The van der Waals surface area contributed by atoms with Gasteiger partial charge in [-0.15, -0.1) is 0 Å². The van der Waals surface area contributed by atoms with Crippen molar-refractivity contribution < 1.29 is 9.90 Å². The van der Waals surface area contributed by atoms with Crippen LogP contribution in [0.15, 0.2) is 53.0 Å². The van der Waals surface area contributed by atoms with Crippen molar-refractivity contribution >= 4 is 21.8 Å². The Kier molecular flexibility index (Phi) is 11.5. The van der Waals surface area contributed by atoms with Gasteiger partial charge in [0.25, 0.3) is 0 Å². The summed E-state index contributed by atoms with van der Waals surface area (Å²) in [5.74, 6) is 0.442. The van der Waals surface area contributed by atoms with Crippen LogP contribution in [-0.4, -0.2) is 72.0 Å². The number of nitrogens with zero attached hydrogens (tertiary/aromatic N) is 3. The van der Waals surface area contributed by atoms with Crippen molar-refractivity contribution in [2.24, 2.45) is 0 Å². The van der Waals surface area contributed by atoms with Crippen LogP contribution in [0.4, 0.5) is 0 Å². The molecular weight excluding hydrogens is 526 g/mol. The van der Waals surface area contributed by atoms with Crippen LogP contribution in [-0.2, 0) is 10.2 Å². The van der Waals surface area contributed by atoms with E-state index in [1.54, 1.807) is 6.07 Å². The van der Waals surface area contributed by atoms with Crippen molar-refractivity contribution in [2.75, 3.05) is 46.3 Å². The second-order valence-corrected chi connectivity index (χ2v) is 11.7. The molecule has 2 aromatic rings. The first kappa shape index (κ1) is 29.7. The molecule has 37 heavy (non-hydrogen) atoms. The number of piperidine rings is 1. The van der Waals surface area contributed by atoms with E-state index in [-0.39, 0.29) is 23.1 Å². The molecule has 0 aromatic heterocycles. The maximum absolute atomic E-state index is 13.0. The number of halogens is 1. The summed E-state index contributed by atoms with van der Waals surface area (Å²) >= 11 is 3.55. The lowest BCUT2D eigenvalue weighted by Gasteiger charge is -2.49. The Hall–Kier alpha value is -1.89. The minimum absolute atomic E-state index is 0.185. The predicted molar refractivity (Wildman–Crippen MR) is 157 cm³/mol. The van der Waals surface area contributed by atoms with E-state index in [9.17, 15) is 9.90 Å². The standard InChI is InChI=1S/C24H30BrNO2.C7H16N2/c1-3-4-5-9-16-26-22(28)14-15-24(2,18-10-7-6-8-11-18)23(26)20-17-19(25)12-13-21(20)27;1-3-9-6-4-8(2)5-7-9/h6-8,10-13,17,23,27H,3-5,9,14-16H2,1-2H3;3-7H2,1-2H3. The van der Waals surface area contributed by atoms with Crippen molar-refractivity contribution in [3.05, 3.63) is 64.1 Å². The lowest BCUT2D eigenvalue weighted by molar-refractivity contribution is -0.140. The molecule has 1 amide bonds. The predicted octanol–water partition coefficient (Wildman–Crippen LogP) is 6.61. The normalized spacial score (nSPS) is 23.0. The molecule has 2 aromatic carbocycles. The van der Waals surface area contributed by atoms with Gasteiger partial charge in [-0.2, -0.15) is 0 Å². The zero-order valence-electron chi connectivity index (χ0n) is 23.3. The zero-order valence-corrected chi connectivity index (χ0v) is 24.8. The molecule has 2 aliphatic rings. The number of phenolic OH excluding ortho intramolecular Hbond substituents is 1. The Morgan fingerprint density at radius 1 is 1.00 bits per heavy atom. The number of hydrogen-bond donors (Lipinski definition) is 1. The maximum Gasteiger partial charge on any atom is 0.223 e. The summed E-state index contributed by atoms with van der Waals surface area (Å²) < 4.78 is 0.916. The number of piperazine rings is 1. The number of carbonyl (C=O) groups is 1. The first-order valence-corrected chi connectivity index (χ1v) is 14.8. The number of aromatic hydroxyl groups is 1. The highest BCUT2D eigenvalue weighted by Gasteiger charge is 2.46. The van der Waals surface area contributed by atoms with E-state index in [4.69, 9.17) is 0 Å². The molecule has 5 nitrogen and oxygen atoms in total. The lowest BCUT2D eigenvalue weighted by Crippen LogP contribution is -2.50. The highest BCUT2D eigenvalue weighted by molar-refractivity contribution is 9.10. The Morgan fingerprint density at radius 3 is 2.35 bits per heavy atom. The fraction of sp³-hybridized carbons (Fsp3) is 0.581. The maximum atomic E-state index is 13.0. The number of unbranched alkanes of at least 4 members (excludes halogenated alkanes) is 3. The number of carbonyl (C=O) groups excluding carboxylic acids is 1.